The molecule has 0 fully saturated rings. The number of nitrogens with one attached hydrogen (secondary N) is 2. The summed E-state index contributed by atoms with van der Waals surface area (Å²) < 4.78 is 10.0. The number of methoxy groups -OCH3 is 1. The first-order valence-electron chi connectivity index (χ1n) is 8.17. The second kappa shape index (κ2) is 10.3. The average Bonchev–Trinajstić information content (AvgIpc) is 2.71. The highest BCUT2D eigenvalue weighted by molar-refractivity contribution is 5.96. The zero-order chi connectivity index (χ0) is 20.4. The molecular formula is C19H19N3O6. The first-order valence-corrected chi connectivity index (χ1v) is 8.17. The number of aliphatic carboxylic acids is 1. The van der Waals surface area contributed by atoms with Gasteiger partial charge in [0.15, 0.2) is 6.61 Å². The maximum Gasteiger partial charge on any atom is 0.341 e. The minimum Gasteiger partial charge on any atom is -0.497 e. The third-order valence-corrected chi connectivity index (χ3v) is 3.41. The van der Waals surface area contributed by atoms with Crippen LogP contribution < -0.4 is 20.2 Å². The molecule has 0 heterocycles. The molecule has 2 aromatic carbocycles. The molecule has 0 saturated carbocycles. The maximum atomic E-state index is 12.0. The van der Waals surface area contributed by atoms with Crippen LogP contribution in [0.5, 0.6) is 11.5 Å². The van der Waals surface area contributed by atoms with E-state index in [9.17, 15) is 14.4 Å². The Balaban J connectivity index is 1.75. The van der Waals surface area contributed by atoms with Gasteiger partial charge in [0.25, 0.3) is 11.8 Å². The molecule has 0 unspecified atom stereocenters. The summed E-state index contributed by atoms with van der Waals surface area (Å²) in [6, 6.07) is 13.0. The van der Waals surface area contributed by atoms with Crippen LogP contribution in [-0.2, 0) is 9.59 Å². The molecule has 0 aromatic heterocycles. The van der Waals surface area contributed by atoms with Gasteiger partial charge >= 0.3 is 5.97 Å². The fourth-order valence-electron chi connectivity index (χ4n) is 2.02. The number of carboxylic acids is 1. The smallest absolute Gasteiger partial charge is 0.341 e. The number of carboxylic acid groups (broad SMARTS) is 1. The Labute approximate surface area is 161 Å². The lowest BCUT2D eigenvalue weighted by Crippen LogP contribution is -2.34. The Morgan fingerprint density at radius 1 is 1.04 bits per heavy atom. The summed E-state index contributed by atoms with van der Waals surface area (Å²) in [5.74, 6) is -0.902. The number of hydrogen-bond donors (Lipinski definition) is 3. The molecule has 0 saturated heterocycles. The minimum atomic E-state index is -1.06. The van der Waals surface area contributed by atoms with Crippen LogP contribution in [0, 0.1) is 0 Å². The van der Waals surface area contributed by atoms with Crippen LogP contribution >= 0.6 is 0 Å². The van der Waals surface area contributed by atoms with Gasteiger partial charge in [-0.05, 0) is 54.1 Å². The Morgan fingerprint density at radius 2 is 1.68 bits per heavy atom. The molecule has 2 aromatic rings. The number of carbonyl (C=O) groups is 3. The predicted molar refractivity (Wildman–Crippen MR) is 101 cm³/mol. The lowest BCUT2D eigenvalue weighted by molar-refractivity contribution is -0.139. The van der Waals surface area contributed by atoms with E-state index >= 15 is 0 Å². The summed E-state index contributed by atoms with van der Waals surface area (Å²) in [5.41, 5.74) is 3.37. The van der Waals surface area contributed by atoms with Crippen LogP contribution in [0.2, 0.25) is 0 Å². The quantitative estimate of drug-likeness (QED) is 0.437. The summed E-state index contributed by atoms with van der Waals surface area (Å²) in [5, 5.41) is 14.8. The number of ether oxygens (including phenoxy) is 2. The molecule has 2 rings (SSSR count). The van der Waals surface area contributed by atoms with E-state index in [0.717, 1.165) is 0 Å². The topological polar surface area (TPSA) is 126 Å². The van der Waals surface area contributed by atoms with Crippen molar-refractivity contribution in [3.63, 3.8) is 0 Å². The normalized spacial score (nSPS) is 10.3. The van der Waals surface area contributed by atoms with Gasteiger partial charge < -0.3 is 19.9 Å². The van der Waals surface area contributed by atoms with Crippen molar-refractivity contribution in [3.05, 3.63) is 59.7 Å². The first-order chi connectivity index (χ1) is 13.5. The number of rotatable bonds is 9. The van der Waals surface area contributed by atoms with Crippen molar-refractivity contribution in [3.8, 4) is 11.5 Å². The summed E-state index contributed by atoms with van der Waals surface area (Å²) in [7, 11) is 1.53. The van der Waals surface area contributed by atoms with E-state index in [1.807, 2.05) is 0 Å². The molecule has 9 heteroatoms. The highest BCUT2D eigenvalue weighted by atomic mass is 16.5. The zero-order valence-corrected chi connectivity index (χ0v) is 15.0. The molecule has 0 aliphatic carbocycles. The molecule has 0 bridgehead atoms. The molecule has 3 N–H and O–H groups in total. The van der Waals surface area contributed by atoms with Crippen LogP contribution in [0.3, 0.4) is 0 Å². The molecule has 0 aliphatic rings. The largest absolute Gasteiger partial charge is 0.497 e. The van der Waals surface area contributed by atoms with Gasteiger partial charge in [0.1, 0.15) is 11.5 Å². The van der Waals surface area contributed by atoms with Crippen molar-refractivity contribution in [2.24, 2.45) is 5.10 Å². The van der Waals surface area contributed by atoms with Crippen molar-refractivity contribution >= 4 is 24.0 Å². The third kappa shape index (κ3) is 6.79. The standard InChI is InChI=1S/C19H19N3O6/c1-27-15-8-4-14(5-9-15)19(26)20-11-17(23)22-21-10-13-2-6-16(7-3-13)28-12-18(24)25/h2-10H,11-12H2,1H3,(H,20,26)(H,22,23)(H,24,25)/b21-10+. The maximum absolute atomic E-state index is 12.0. The molecule has 0 spiro atoms. The van der Waals surface area contributed by atoms with Crippen LogP contribution in [0.4, 0.5) is 0 Å². The SMILES string of the molecule is COc1ccc(C(=O)NCC(=O)N/N=C/c2ccc(OCC(=O)O)cc2)cc1. The van der Waals surface area contributed by atoms with Crippen LogP contribution in [0.25, 0.3) is 0 Å². The lowest BCUT2D eigenvalue weighted by Gasteiger charge is -2.05. The molecule has 2 amide bonds. The molecule has 0 aliphatic heterocycles. The first kappa shape index (κ1) is 20.4. The molecule has 9 nitrogen and oxygen atoms in total. The fraction of sp³-hybridized carbons (Fsp3) is 0.158. The highest BCUT2D eigenvalue weighted by Gasteiger charge is 2.07. The van der Waals surface area contributed by atoms with Gasteiger partial charge in [0, 0.05) is 5.56 Å². The van der Waals surface area contributed by atoms with E-state index in [1.54, 1.807) is 48.5 Å². The van der Waals surface area contributed by atoms with Crippen molar-refractivity contribution in [1.82, 2.24) is 10.7 Å². The van der Waals surface area contributed by atoms with Gasteiger partial charge in [-0.2, -0.15) is 5.10 Å². The van der Waals surface area contributed by atoms with Crippen molar-refractivity contribution in [1.29, 1.82) is 0 Å². The minimum absolute atomic E-state index is 0.232. The summed E-state index contributed by atoms with van der Waals surface area (Å²) in [6.07, 6.45) is 1.41. The van der Waals surface area contributed by atoms with Crippen molar-refractivity contribution in [2.45, 2.75) is 0 Å². The monoisotopic (exact) mass is 385 g/mol. The Bertz CT molecular complexity index is 847. The van der Waals surface area contributed by atoms with Crippen molar-refractivity contribution in [2.75, 3.05) is 20.3 Å². The van der Waals surface area contributed by atoms with Gasteiger partial charge in [-0.25, -0.2) is 10.2 Å². The Kier molecular flexibility index (Phi) is 7.53. The third-order valence-electron chi connectivity index (χ3n) is 3.41. The number of hydrogen-bond acceptors (Lipinski definition) is 6. The Morgan fingerprint density at radius 3 is 2.29 bits per heavy atom. The van der Waals surface area contributed by atoms with Crippen molar-refractivity contribution < 1.29 is 29.0 Å². The van der Waals surface area contributed by atoms with Gasteiger partial charge in [-0.1, -0.05) is 0 Å². The molecule has 28 heavy (non-hydrogen) atoms. The van der Waals surface area contributed by atoms with E-state index in [1.165, 1.54) is 13.3 Å². The second-order valence-corrected chi connectivity index (χ2v) is 5.46. The number of benzene rings is 2. The van der Waals surface area contributed by atoms with Crippen LogP contribution in [-0.4, -0.2) is 49.4 Å². The van der Waals surface area contributed by atoms with Gasteiger partial charge in [0.05, 0.1) is 19.9 Å². The number of amides is 2. The van der Waals surface area contributed by atoms with Crippen LogP contribution in [0.15, 0.2) is 53.6 Å². The highest BCUT2D eigenvalue weighted by Crippen LogP contribution is 2.11. The lowest BCUT2D eigenvalue weighted by atomic mass is 10.2. The van der Waals surface area contributed by atoms with Crippen LogP contribution in [0.1, 0.15) is 15.9 Å². The van der Waals surface area contributed by atoms with E-state index in [2.05, 4.69) is 15.8 Å². The van der Waals surface area contributed by atoms with Gasteiger partial charge in [-0.15, -0.1) is 0 Å². The van der Waals surface area contributed by atoms with Gasteiger partial charge in [-0.3, -0.25) is 9.59 Å². The number of carbonyl (C=O) groups excluding carboxylic acids is 2. The van der Waals surface area contributed by atoms with E-state index in [4.69, 9.17) is 14.6 Å². The molecular weight excluding hydrogens is 366 g/mol. The summed E-state index contributed by atoms with van der Waals surface area (Å²) >= 11 is 0. The summed E-state index contributed by atoms with van der Waals surface area (Å²) in [6.45, 7) is -0.657. The second-order valence-electron chi connectivity index (χ2n) is 5.46. The zero-order valence-electron chi connectivity index (χ0n) is 15.0. The molecule has 0 radical (unpaired) electrons. The predicted octanol–water partition coefficient (Wildman–Crippen LogP) is 1.04. The molecule has 146 valence electrons. The number of hydrazone groups is 1. The Hall–Kier alpha value is -3.88. The van der Waals surface area contributed by atoms with E-state index < -0.39 is 24.4 Å². The van der Waals surface area contributed by atoms with E-state index in [-0.39, 0.29) is 6.54 Å². The average molecular weight is 385 g/mol. The van der Waals surface area contributed by atoms with E-state index in [0.29, 0.717) is 22.6 Å². The fourth-order valence-corrected chi connectivity index (χ4v) is 2.02. The molecule has 0 atom stereocenters. The van der Waals surface area contributed by atoms with Gasteiger partial charge in [0.2, 0.25) is 0 Å². The number of nitrogens with zero attached hydrogens (tertiary/aromatic N) is 1. The summed E-state index contributed by atoms with van der Waals surface area (Å²) in [4.78, 5) is 34.1.